The molecule has 102 valence electrons. The van der Waals surface area contributed by atoms with E-state index in [4.69, 9.17) is 9.88 Å². The Hall–Kier alpha value is -0.460. The summed E-state index contributed by atoms with van der Waals surface area (Å²) in [4.78, 5) is 4.27. The molecule has 0 saturated heterocycles. The maximum atomic E-state index is 11.5. The Labute approximate surface area is 119 Å². The Bertz CT molecular complexity index is 452. The van der Waals surface area contributed by atoms with Crippen molar-refractivity contribution in [3.05, 3.63) is 22.3 Å². The van der Waals surface area contributed by atoms with E-state index in [0.29, 0.717) is 12.3 Å². The topological polar surface area (TPSA) is 65.2 Å². The zero-order valence-corrected chi connectivity index (χ0v) is 13.5. The van der Waals surface area contributed by atoms with E-state index in [9.17, 15) is 4.21 Å². The standard InChI is InChI=1S/C12H19BrN2O2S/c1-8(7-12(2,3)18(14)16)9-5-6-10(13)15-11(9)17-4/h5-6,8H,7,14H2,1-4H3/t8-,18?/m0/s1. The minimum Gasteiger partial charge on any atom is -0.481 e. The van der Waals surface area contributed by atoms with Gasteiger partial charge in [0.1, 0.15) is 4.60 Å². The van der Waals surface area contributed by atoms with Crippen molar-refractivity contribution in [1.29, 1.82) is 0 Å². The summed E-state index contributed by atoms with van der Waals surface area (Å²) in [6.07, 6.45) is 0.704. The van der Waals surface area contributed by atoms with Gasteiger partial charge in [-0.1, -0.05) is 13.0 Å². The van der Waals surface area contributed by atoms with Crippen LogP contribution in [0.25, 0.3) is 0 Å². The summed E-state index contributed by atoms with van der Waals surface area (Å²) >= 11 is 3.31. The molecule has 0 amide bonds. The molecule has 1 aromatic heterocycles. The van der Waals surface area contributed by atoms with Crippen LogP contribution < -0.4 is 9.88 Å². The molecule has 0 aliphatic carbocycles. The van der Waals surface area contributed by atoms with Crippen LogP contribution in [0.3, 0.4) is 0 Å². The van der Waals surface area contributed by atoms with Crippen LogP contribution in [0.4, 0.5) is 0 Å². The fourth-order valence-corrected chi connectivity index (χ4v) is 2.60. The fourth-order valence-electron chi connectivity index (χ4n) is 1.90. The third kappa shape index (κ3) is 3.76. The number of halogens is 1. The molecule has 0 saturated carbocycles. The van der Waals surface area contributed by atoms with E-state index in [1.165, 1.54) is 0 Å². The first kappa shape index (κ1) is 15.6. The average Bonchev–Trinajstić information content (AvgIpc) is 2.27. The Balaban J connectivity index is 2.97. The van der Waals surface area contributed by atoms with Gasteiger partial charge in [-0.3, -0.25) is 5.14 Å². The van der Waals surface area contributed by atoms with Crippen LogP contribution in [0.15, 0.2) is 16.7 Å². The number of hydrogen-bond acceptors (Lipinski definition) is 3. The highest BCUT2D eigenvalue weighted by Gasteiger charge is 2.28. The molecule has 2 atom stereocenters. The van der Waals surface area contributed by atoms with Crippen LogP contribution in [0.2, 0.25) is 0 Å². The number of aromatic nitrogens is 1. The van der Waals surface area contributed by atoms with Crippen LogP contribution in [-0.2, 0) is 11.0 Å². The summed E-state index contributed by atoms with van der Waals surface area (Å²) < 4.78 is 17.0. The van der Waals surface area contributed by atoms with Crippen molar-refractivity contribution in [2.45, 2.75) is 37.9 Å². The second-order valence-corrected chi connectivity index (χ2v) is 7.41. The Morgan fingerprint density at radius 3 is 2.67 bits per heavy atom. The van der Waals surface area contributed by atoms with Gasteiger partial charge in [-0.25, -0.2) is 9.19 Å². The Morgan fingerprint density at radius 2 is 2.17 bits per heavy atom. The molecule has 0 fully saturated rings. The van der Waals surface area contributed by atoms with Crippen molar-refractivity contribution in [3.8, 4) is 5.88 Å². The van der Waals surface area contributed by atoms with E-state index in [0.717, 1.165) is 10.2 Å². The van der Waals surface area contributed by atoms with Crippen molar-refractivity contribution in [2.24, 2.45) is 5.14 Å². The van der Waals surface area contributed by atoms with Crippen LogP contribution in [0, 0.1) is 0 Å². The lowest BCUT2D eigenvalue weighted by Gasteiger charge is -2.25. The van der Waals surface area contributed by atoms with Gasteiger partial charge >= 0.3 is 0 Å². The molecule has 1 unspecified atom stereocenters. The number of nitrogens with zero attached hydrogens (tertiary/aromatic N) is 1. The van der Waals surface area contributed by atoms with Crippen LogP contribution >= 0.6 is 15.9 Å². The monoisotopic (exact) mass is 334 g/mol. The highest BCUT2D eigenvalue weighted by atomic mass is 79.9. The lowest BCUT2D eigenvalue weighted by atomic mass is 9.92. The summed E-state index contributed by atoms with van der Waals surface area (Å²) in [7, 11) is 0.241. The maximum absolute atomic E-state index is 11.5. The van der Waals surface area contributed by atoms with Gasteiger partial charge in [-0.2, -0.15) is 0 Å². The molecule has 4 nitrogen and oxygen atoms in total. The summed E-state index contributed by atoms with van der Waals surface area (Å²) in [6, 6.07) is 3.84. The Kier molecular flexibility index (Phi) is 5.31. The molecule has 1 rings (SSSR count). The molecule has 1 heterocycles. The predicted octanol–water partition coefficient (Wildman–Crippen LogP) is 2.75. The van der Waals surface area contributed by atoms with Gasteiger partial charge in [-0.05, 0) is 48.2 Å². The van der Waals surface area contributed by atoms with Gasteiger partial charge in [0.15, 0.2) is 0 Å². The van der Waals surface area contributed by atoms with Gasteiger partial charge in [0, 0.05) is 5.56 Å². The molecule has 6 heteroatoms. The first-order chi connectivity index (χ1) is 8.27. The van der Waals surface area contributed by atoms with E-state index < -0.39 is 15.7 Å². The lowest BCUT2D eigenvalue weighted by molar-refractivity contribution is 0.385. The molecule has 18 heavy (non-hydrogen) atoms. The lowest BCUT2D eigenvalue weighted by Crippen LogP contribution is -2.33. The molecule has 0 aliphatic heterocycles. The largest absolute Gasteiger partial charge is 0.481 e. The SMILES string of the molecule is COc1nc(Br)ccc1[C@@H](C)CC(C)(C)S(N)=O. The number of hydrogen-bond donors (Lipinski definition) is 1. The maximum Gasteiger partial charge on any atom is 0.217 e. The smallest absolute Gasteiger partial charge is 0.217 e. The number of methoxy groups -OCH3 is 1. The highest BCUT2D eigenvalue weighted by Crippen LogP contribution is 2.33. The van der Waals surface area contributed by atoms with E-state index in [1.54, 1.807) is 7.11 Å². The van der Waals surface area contributed by atoms with Gasteiger partial charge in [0.25, 0.3) is 0 Å². The normalized spacial score (nSPS) is 15.2. The fraction of sp³-hybridized carbons (Fsp3) is 0.583. The predicted molar refractivity (Wildman–Crippen MR) is 77.9 cm³/mol. The molecular formula is C12H19BrN2O2S. The van der Waals surface area contributed by atoms with Gasteiger partial charge < -0.3 is 4.74 Å². The number of nitrogens with two attached hydrogens (primary N) is 1. The second-order valence-electron chi connectivity index (χ2n) is 4.89. The van der Waals surface area contributed by atoms with Gasteiger partial charge in [0.05, 0.1) is 22.8 Å². The quantitative estimate of drug-likeness (QED) is 0.842. The summed E-state index contributed by atoms with van der Waals surface area (Å²) in [5, 5.41) is 5.51. The molecule has 0 bridgehead atoms. The van der Waals surface area contributed by atoms with E-state index >= 15 is 0 Å². The summed E-state index contributed by atoms with van der Waals surface area (Å²) in [5.41, 5.74) is 0.999. The minimum absolute atomic E-state index is 0.169. The van der Waals surface area contributed by atoms with Crippen molar-refractivity contribution in [1.82, 2.24) is 4.98 Å². The van der Waals surface area contributed by atoms with Crippen molar-refractivity contribution in [3.63, 3.8) is 0 Å². The third-order valence-electron chi connectivity index (χ3n) is 2.92. The summed E-state index contributed by atoms with van der Waals surface area (Å²) in [6.45, 7) is 5.86. The number of pyridine rings is 1. The third-order valence-corrected chi connectivity index (χ3v) is 4.62. The van der Waals surface area contributed by atoms with Crippen molar-refractivity contribution < 1.29 is 8.95 Å². The van der Waals surface area contributed by atoms with Crippen molar-refractivity contribution in [2.75, 3.05) is 7.11 Å². The van der Waals surface area contributed by atoms with Crippen molar-refractivity contribution >= 4 is 26.9 Å². The van der Waals surface area contributed by atoms with E-state index in [-0.39, 0.29) is 5.92 Å². The molecule has 0 aliphatic rings. The molecule has 0 radical (unpaired) electrons. The molecule has 0 aromatic carbocycles. The second kappa shape index (κ2) is 6.12. The van der Waals surface area contributed by atoms with Crippen LogP contribution in [0.1, 0.15) is 38.7 Å². The van der Waals surface area contributed by atoms with E-state index in [2.05, 4.69) is 27.8 Å². The van der Waals surface area contributed by atoms with Gasteiger partial charge in [-0.15, -0.1) is 0 Å². The number of ether oxygens (including phenoxy) is 1. The Morgan fingerprint density at radius 1 is 1.56 bits per heavy atom. The van der Waals surface area contributed by atoms with Crippen LogP contribution in [0.5, 0.6) is 5.88 Å². The van der Waals surface area contributed by atoms with Crippen LogP contribution in [-0.4, -0.2) is 21.0 Å². The first-order valence-electron chi connectivity index (χ1n) is 5.64. The first-order valence-corrected chi connectivity index (χ1v) is 7.65. The minimum atomic E-state index is -1.35. The molecule has 1 aromatic rings. The zero-order valence-electron chi connectivity index (χ0n) is 11.1. The highest BCUT2D eigenvalue weighted by molar-refractivity contribution is 9.10. The average molecular weight is 335 g/mol. The molecular weight excluding hydrogens is 316 g/mol. The number of rotatable bonds is 5. The zero-order chi connectivity index (χ0) is 13.9. The van der Waals surface area contributed by atoms with E-state index in [1.807, 2.05) is 26.0 Å². The molecule has 0 spiro atoms. The summed E-state index contributed by atoms with van der Waals surface area (Å²) in [5.74, 6) is 0.763. The van der Waals surface area contributed by atoms with Gasteiger partial charge in [0.2, 0.25) is 5.88 Å². The molecule has 2 N–H and O–H groups in total.